The molecule has 2 saturated heterocycles. The Morgan fingerprint density at radius 2 is 0.884 bits per heavy atom. The minimum Gasteiger partial charge on any atom is -0.460 e. The van der Waals surface area contributed by atoms with Crippen LogP contribution < -0.4 is 43.4 Å². The van der Waals surface area contributed by atoms with Crippen molar-refractivity contribution in [3.63, 3.8) is 0 Å². The van der Waals surface area contributed by atoms with Gasteiger partial charge in [-0.3, -0.25) is 37.6 Å². The first kappa shape index (κ1) is 85.1. The second-order valence-corrected chi connectivity index (χ2v) is 26.0. The summed E-state index contributed by atoms with van der Waals surface area (Å²) < 4.78 is 39.9. The van der Waals surface area contributed by atoms with Crippen LogP contribution in [0.15, 0.2) is 193 Å². The zero-order valence-electron chi connectivity index (χ0n) is 63.5. The zero-order valence-corrected chi connectivity index (χ0v) is 65.1. The lowest BCUT2D eigenvalue weighted by atomic mass is 10.2. The van der Waals surface area contributed by atoms with E-state index in [1.165, 1.54) is 48.6 Å². The third kappa shape index (κ3) is 25.6. The molecule has 0 unspecified atom stereocenters. The van der Waals surface area contributed by atoms with Crippen molar-refractivity contribution in [2.24, 2.45) is 0 Å². The van der Waals surface area contributed by atoms with Crippen LogP contribution >= 0.6 is 15.9 Å². The number of esters is 1. The predicted octanol–water partition coefficient (Wildman–Crippen LogP) is 9.30. The van der Waals surface area contributed by atoms with Gasteiger partial charge in [0, 0.05) is 146 Å². The largest absolute Gasteiger partial charge is 0.460 e. The molecule has 14 aromatic rings. The van der Waals surface area contributed by atoms with Gasteiger partial charge in [-0.05, 0) is 150 Å². The number of hydrogen-bond donors (Lipinski definition) is 6. The van der Waals surface area contributed by atoms with Gasteiger partial charge in [0.2, 0.25) is 5.78 Å². The minimum atomic E-state index is -0.769. The smallest absolute Gasteiger partial charge is 0.375 e. The van der Waals surface area contributed by atoms with Crippen LogP contribution in [0.3, 0.4) is 0 Å². The van der Waals surface area contributed by atoms with Crippen molar-refractivity contribution in [2.75, 3.05) is 87.3 Å². The lowest BCUT2D eigenvalue weighted by Crippen LogP contribution is -2.43. The summed E-state index contributed by atoms with van der Waals surface area (Å²) in [4.78, 5) is 115. The highest BCUT2D eigenvalue weighted by atomic mass is 79.9. The molecule has 2 aliphatic rings. The standard InChI is InChI=1S/C20H20N6O.C16H11FN4O.C12H12N2O2.C10H10N2O.C6H8N2.C5H7BrO3.C5H5FN2.C4H10N2.C2H6O/c1-14-2-4-18-23-17(13-25(18)11-14)16-10-20(27)26-12-15(3-5-19(26)22-16)24-8-6-21-7-9-24;1-10-2-4-14-19-13(9-20(14)7-10)12-6-16(22)21-8-11(17)3-5-15(21)18-12;1-8-3-4-12-13-10(7-14(12)6-8)11(16)5-9(2)15;1-7-3-4-10-11-9(8(2)13)6-12(10)5-7;1-5-2-3-6(7)8-4-5;1-2-9-5(8)4(7)3-6;6-4-1-2-5(7)8-3-4;1-2-6-4-3-5-1;1-2-3/h2-5,10-13,21H,6-9H2,1H3;2-9H,1H3;3-4,6-7H,5H2,1-2H3;3-6H,1-2H3;2-4H,1H3,(H2,7,8);2-3H2,1H3;1-3H,(H2,7,8);5-6H,1-4H2;3H,2H2,1H3. The third-order valence-corrected chi connectivity index (χ3v) is 16.5. The lowest BCUT2D eigenvalue weighted by molar-refractivity contribution is -0.152. The quantitative estimate of drug-likeness (QED) is 0.0244. The van der Waals surface area contributed by atoms with Crippen LogP contribution in [0, 0.1) is 46.3 Å². The van der Waals surface area contributed by atoms with Gasteiger partial charge in [-0.25, -0.2) is 53.4 Å². The number of aliphatic hydroxyl groups is 1. The van der Waals surface area contributed by atoms with Crippen molar-refractivity contribution < 1.29 is 42.6 Å². The van der Waals surface area contributed by atoms with Gasteiger partial charge < -0.3 is 59.8 Å². The summed E-state index contributed by atoms with van der Waals surface area (Å²) in [5.74, 6) is -1.60. The van der Waals surface area contributed by atoms with Crippen LogP contribution in [0.4, 0.5) is 26.1 Å². The molecule has 0 atom stereocenters. The number of halogens is 3. The molecular weight excluding hydrogens is 1500 g/mol. The summed E-state index contributed by atoms with van der Waals surface area (Å²) in [6, 6.07) is 31.5. The second-order valence-electron chi connectivity index (χ2n) is 25.4. The molecule has 0 aliphatic carbocycles. The van der Waals surface area contributed by atoms with E-state index in [4.69, 9.17) is 16.6 Å². The number of carbonyl (C=O) groups is 5. The van der Waals surface area contributed by atoms with Gasteiger partial charge >= 0.3 is 5.97 Å². The number of nitrogens with two attached hydrogens (primary N) is 2. The number of nitrogens with one attached hydrogen (secondary N) is 3. The van der Waals surface area contributed by atoms with Crippen molar-refractivity contribution in [3.8, 4) is 22.8 Å². The number of hydrogen-bond acceptors (Lipinski definition) is 23. The van der Waals surface area contributed by atoms with Gasteiger partial charge in [0.1, 0.15) is 85.7 Å². The molecule has 0 aromatic carbocycles. The van der Waals surface area contributed by atoms with Gasteiger partial charge in [0.15, 0.2) is 11.6 Å². The molecule has 0 bridgehead atoms. The van der Waals surface area contributed by atoms with Crippen LogP contribution in [0.2, 0.25) is 0 Å². The highest BCUT2D eigenvalue weighted by Gasteiger charge is 2.17. The maximum atomic E-state index is 13.2. The highest BCUT2D eigenvalue weighted by Crippen LogP contribution is 2.22. The number of alkyl halides is 1. The van der Waals surface area contributed by atoms with Crippen molar-refractivity contribution in [1.29, 1.82) is 0 Å². The van der Waals surface area contributed by atoms with Crippen LogP contribution in [-0.4, -0.2) is 171 Å². The number of carbonyl (C=O) groups excluding carboxylic acids is 5. The average Bonchev–Trinajstić information content (AvgIpc) is 1.46. The van der Waals surface area contributed by atoms with E-state index in [1.54, 1.807) is 53.4 Å². The Kier molecular flexibility index (Phi) is 31.8. The molecule has 0 saturated carbocycles. The van der Waals surface area contributed by atoms with Gasteiger partial charge in [-0.1, -0.05) is 46.3 Å². The van der Waals surface area contributed by atoms with Gasteiger partial charge in [0.25, 0.3) is 11.1 Å². The van der Waals surface area contributed by atoms with Crippen molar-refractivity contribution >= 4 is 96.2 Å². The number of pyridine rings is 8. The first-order chi connectivity index (χ1) is 53.7. The maximum absolute atomic E-state index is 13.2. The fourth-order valence-corrected chi connectivity index (χ4v) is 10.8. The fraction of sp³-hybridized carbons (Fsp3) is 0.263. The van der Waals surface area contributed by atoms with E-state index in [0.29, 0.717) is 57.1 Å². The van der Waals surface area contributed by atoms with E-state index in [1.807, 2.05) is 158 Å². The number of aliphatic hydroxyl groups excluding tert-OH is 1. The molecule has 584 valence electrons. The molecule has 29 nitrogen and oxygen atoms in total. The molecule has 0 spiro atoms. The number of imidazole rings is 4. The van der Waals surface area contributed by atoms with Gasteiger partial charge in [0.05, 0.1) is 41.6 Å². The monoisotopic (exact) mass is 1590 g/mol. The Morgan fingerprint density at radius 1 is 0.482 bits per heavy atom. The van der Waals surface area contributed by atoms with Crippen LogP contribution in [-0.2, 0) is 19.1 Å². The fourth-order valence-electron chi connectivity index (χ4n) is 10.6. The van der Waals surface area contributed by atoms with Crippen molar-refractivity contribution in [2.45, 2.75) is 68.7 Å². The number of nitrogens with zero attached hydrogens (tertiary/aromatic N) is 15. The summed E-state index contributed by atoms with van der Waals surface area (Å²) in [5, 5.41) is 17.4. The Hall–Kier alpha value is -12.5. The molecule has 0 amide bonds. The summed E-state index contributed by atoms with van der Waals surface area (Å²) in [7, 11) is 0. The summed E-state index contributed by atoms with van der Waals surface area (Å²) in [5.41, 5.74) is 24.1. The van der Waals surface area contributed by atoms with Crippen LogP contribution in [0.1, 0.15) is 82.9 Å². The van der Waals surface area contributed by atoms with Crippen LogP contribution in [0.25, 0.3) is 56.7 Å². The highest BCUT2D eigenvalue weighted by molar-refractivity contribution is 9.09. The molecule has 8 N–H and O–H groups in total. The molecule has 14 aromatic heterocycles. The van der Waals surface area contributed by atoms with E-state index in [-0.39, 0.29) is 59.3 Å². The van der Waals surface area contributed by atoms with Gasteiger partial charge in [-0.2, -0.15) is 0 Å². The molecule has 16 rings (SSSR count). The normalized spacial score (nSPS) is 12.0. The number of ketones is 4. The molecule has 0 radical (unpaired) electrons. The van der Waals surface area contributed by atoms with E-state index in [0.717, 1.165) is 121 Å². The summed E-state index contributed by atoms with van der Waals surface area (Å²) in [6.07, 6.45) is 20.7. The third-order valence-electron chi connectivity index (χ3n) is 16.0. The second kappa shape index (κ2) is 41.9. The molecule has 16 heterocycles. The maximum Gasteiger partial charge on any atom is 0.375 e. The summed E-state index contributed by atoms with van der Waals surface area (Å²) in [6.45, 7) is 25.1. The molecular formula is C80H89BrF2N20O9. The minimum absolute atomic E-state index is 0.00125. The van der Waals surface area contributed by atoms with E-state index >= 15 is 0 Å². The van der Waals surface area contributed by atoms with Crippen LogP contribution in [0.5, 0.6) is 0 Å². The number of fused-ring (bicyclic) bond motifs is 6. The predicted molar refractivity (Wildman–Crippen MR) is 431 cm³/mol. The number of piperazine rings is 2. The first-order valence-corrected chi connectivity index (χ1v) is 36.7. The Labute approximate surface area is 651 Å². The topological polar surface area (TPSA) is 370 Å². The SMILES string of the molecule is C1CNCCN1.CC(=O)CC(=O)c1cn2cc(C)ccc2n1.CC(=O)c1cn2cc(C)ccc2n1.CCO.CCOC(=O)C(=O)CBr.Cc1ccc(N)nc1.Cc1ccc2nc(-c3cc(=O)n4cc(F)ccc4n3)cn2c1.Cc1ccc2nc(-c3cc(=O)n4cc(N5CCNCC5)ccc4n3)cn2c1.Nc1ccc(F)cn1. The number of ether oxygens (including phenoxy) is 1. The molecule has 2 aliphatic heterocycles. The number of aryl methyl sites for hydroxylation is 5. The zero-order chi connectivity index (χ0) is 81.0. The first-order valence-electron chi connectivity index (χ1n) is 35.6. The Balaban J connectivity index is 0.000000168. The number of anilines is 3. The summed E-state index contributed by atoms with van der Waals surface area (Å²) >= 11 is 2.83. The number of nitrogen functional groups attached to an aromatic ring is 2. The van der Waals surface area contributed by atoms with E-state index < -0.39 is 17.6 Å². The van der Waals surface area contributed by atoms with E-state index in [9.17, 15) is 42.3 Å². The van der Waals surface area contributed by atoms with E-state index in [2.05, 4.69) is 81.4 Å². The number of aromatic nitrogens is 14. The lowest BCUT2D eigenvalue weighted by Gasteiger charge is -2.29. The Morgan fingerprint density at radius 3 is 1.30 bits per heavy atom. The molecule has 2 fully saturated rings. The molecule has 112 heavy (non-hydrogen) atoms. The Bertz CT molecular complexity index is 5560. The number of rotatable bonds is 10. The van der Waals surface area contributed by atoms with Crippen molar-refractivity contribution in [1.82, 2.24) is 82.2 Å². The average molecular weight is 1590 g/mol. The molecule has 32 heteroatoms. The number of Topliss-reactive ketones (excluding diaryl/α,β-unsaturated/α-hetero) is 4. The van der Waals surface area contributed by atoms with Crippen molar-refractivity contribution in [3.05, 3.63) is 255 Å². The van der Waals surface area contributed by atoms with Gasteiger partial charge in [-0.15, -0.1) is 0 Å².